The molecule has 2 aromatic rings. The highest BCUT2D eigenvalue weighted by molar-refractivity contribution is 5.95. The van der Waals surface area contributed by atoms with Gasteiger partial charge < -0.3 is 19.9 Å². The molecule has 1 saturated carbocycles. The second-order valence-corrected chi connectivity index (χ2v) is 8.14. The van der Waals surface area contributed by atoms with Gasteiger partial charge in [0.05, 0.1) is 11.1 Å². The summed E-state index contributed by atoms with van der Waals surface area (Å²) in [5.41, 5.74) is 0.214. The number of carboxylic acid groups (broad SMARTS) is 1. The highest BCUT2D eigenvalue weighted by Gasteiger charge is 2.34. The van der Waals surface area contributed by atoms with Crippen molar-refractivity contribution in [2.75, 3.05) is 0 Å². The van der Waals surface area contributed by atoms with Crippen molar-refractivity contribution in [1.82, 2.24) is 5.32 Å². The van der Waals surface area contributed by atoms with Crippen LogP contribution < -0.4 is 14.8 Å². The standard InChI is InChI=1S/C22H22FNO5/c1-22(2)11-16-18(8-12(21(26)27)9-19(16)29-22)28-14-6-7-15(17(23)10-14)20(25)24-13-4-3-5-13/h6-10,13H,3-5,11H2,1-2H3,(H,24,25)(H,26,27). The zero-order valence-corrected chi connectivity index (χ0v) is 16.3. The number of halogens is 1. The van der Waals surface area contributed by atoms with Gasteiger partial charge >= 0.3 is 5.97 Å². The number of hydrogen-bond donors (Lipinski definition) is 2. The van der Waals surface area contributed by atoms with E-state index >= 15 is 0 Å². The highest BCUT2D eigenvalue weighted by Crippen LogP contribution is 2.43. The van der Waals surface area contributed by atoms with Crippen LogP contribution in [0.1, 0.15) is 59.4 Å². The van der Waals surface area contributed by atoms with Crippen LogP contribution in [-0.4, -0.2) is 28.6 Å². The quantitative estimate of drug-likeness (QED) is 0.783. The molecule has 1 aliphatic heterocycles. The number of carboxylic acids is 1. The van der Waals surface area contributed by atoms with E-state index in [1.807, 2.05) is 13.8 Å². The number of nitrogens with one attached hydrogen (secondary N) is 1. The lowest BCUT2D eigenvalue weighted by Gasteiger charge is -2.26. The second kappa shape index (κ2) is 7.06. The average molecular weight is 399 g/mol. The number of benzene rings is 2. The van der Waals surface area contributed by atoms with Gasteiger partial charge in [-0.3, -0.25) is 4.79 Å². The van der Waals surface area contributed by atoms with Gasteiger partial charge in [0, 0.05) is 24.1 Å². The lowest BCUT2D eigenvalue weighted by molar-refractivity contribution is 0.0694. The molecule has 7 heteroatoms. The molecule has 2 aromatic carbocycles. The average Bonchev–Trinajstić information content (AvgIpc) is 2.92. The first-order valence-corrected chi connectivity index (χ1v) is 9.59. The first-order valence-electron chi connectivity index (χ1n) is 9.59. The van der Waals surface area contributed by atoms with Gasteiger partial charge in [0.1, 0.15) is 28.7 Å². The first kappa shape index (κ1) is 19.2. The van der Waals surface area contributed by atoms with E-state index in [0.29, 0.717) is 17.9 Å². The molecule has 6 nitrogen and oxygen atoms in total. The molecule has 0 atom stereocenters. The molecule has 0 saturated heterocycles. The number of ether oxygens (including phenoxy) is 2. The minimum absolute atomic E-state index is 0.0217. The Labute approximate surface area is 167 Å². The molecule has 4 rings (SSSR count). The van der Waals surface area contributed by atoms with E-state index in [0.717, 1.165) is 30.9 Å². The predicted molar refractivity (Wildman–Crippen MR) is 103 cm³/mol. The van der Waals surface area contributed by atoms with E-state index in [9.17, 15) is 19.1 Å². The summed E-state index contributed by atoms with van der Waals surface area (Å²) in [6.45, 7) is 3.79. The fourth-order valence-corrected chi connectivity index (χ4v) is 3.55. The molecular weight excluding hydrogens is 377 g/mol. The van der Waals surface area contributed by atoms with E-state index in [4.69, 9.17) is 9.47 Å². The molecule has 2 aliphatic rings. The fraction of sp³-hybridized carbons (Fsp3) is 0.364. The van der Waals surface area contributed by atoms with Crippen LogP contribution >= 0.6 is 0 Å². The van der Waals surface area contributed by atoms with Gasteiger partial charge in [-0.15, -0.1) is 0 Å². The fourth-order valence-electron chi connectivity index (χ4n) is 3.55. The highest BCUT2D eigenvalue weighted by atomic mass is 19.1. The van der Waals surface area contributed by atoms with Crippen molar-refractivity contribution < 1.29 is 28.6 Å². The minimum Gasteiger partial charge on any atom is -0.487 e. The summed E-state index contributed by atoms with van der Waals surface area (Å²) in [5.74, 6) is -1.32. The van der Waals surface area contributed by atoms with Crippen molar-refractivity contribution >= 4 is 11.9 Å². The Balaban J connectivity index is 1.60. The molecule has 152 valence electrons. The number of aromatic carboxylic acids is 1. The van der Waals surface area contributed by atoms with Gasteiger partial charge in [-0.25, -0.2) is 9.18 Å². The summed E-state index contributed by atoms with van der Waals surface area (Å²) < 4.78 is 26.2. The van der Waals surface area contributed by atoms with Crippen LogP contribution in [0.25, 0.3) is 0 Å². The van der Waals surface area contributed by atoms with E-state index in [1.165, 1.54) is 24.3 Å². The van der Waals surface area contributed by atoms with Gasteiger partial charge in [0.2, 0.25) is 0 Å². The maximum Gasteiger partial charge on any atom is 0.335 e. The summed E-state index contributed by atoms with van der Waals surface area (Å²) in [6, 6.07) is 6.99. The van der Waals surface area contributed by atoms with Gasteiger partial charge in [0.15, 0.2) is 0 Å². The molecule has 1 fully saturated rings. The molecule has 1 heterocycles. The maximum absolute atomic E-state index is 14.5. The molecular formula is C22H22FNO5. The third kappa shape index (κ3) is 3.90. The Kier molecular flexibility index (Phi) is 4.68. The lowest BCUT2D eigenvalue weighted by atomic mass is 9.93. The molecule has 1 amide bonds. The summed E-state index contributed by atoms with van der Waals surface area (Å²) >= 11 is 0. The van der Waals surface area contributed by atoms with Crippen molar-refractivity contribution in [3.8, 4) is 17.2 Å². The molecule has 0 bridgehead atoms. The maximum atomic E-state index is 14.5. The van der Waals surface area contributed by atoms with Gasteiger partial charge in [-0.2, -0.15) is 0 Å². The number of carbonyl (C=O) groups is 2. The third-order valence-corrected chi connectivity index (χ3v) is 5.26. The summed E-state index contributed by atoms with van der Waals surface area (Å²) in [6.07, 6.45) is 3.43. The number of carbonyl (C=O) groups excluding carboxylic acids is 1. The smallest absolute Gasteiger partial charge is 0.335 e. The number of amides is 1. The van der Waals surface area contributed by atoms with Crippen molar-refractivity contribution in [3.63, 3.8) is 0 Å². The van der Waals surface area contributed by atoms with Crippen molar-refractivity contribution in [3.05, 3.63) is 52.8 Å². The Bertz CT molecular complexity index is 997. The zero-order valence-electron chi connectivity index (χ0n) is 16.3. The van der Waals surface area contributed by atoms with Crippen LogP contribution in [0, 0.1) is 5.82 Å². The Hall–Kier alpha value is -3.09. The third-order valence-electron chi connectivity index (χ3n) is 5.26. The van der Waals surface area contributed by atoms with Gasteiger partial charge in [-0.1, -0.05) is 0 Å². The van der Waals surface area contributed by atoms with Crippen molar-refractivity contribution in [2.24, 2.45) is 0 Å². The Morgan fingerprint density at radius 3 is 2.62 bits per heavy atom. The van der Waals surface area contributed by atoms with Crippen LogP contribution in [0.2, 0.25) is 0 Å². The topological polar surface area (TPSA) is 84.9 Å². The van der Waals surface area contributed by atoms with Gasteiger partial charge in [-0.05, 0) is 57.4 Å². The van der Waals surface area contributed by atoms with Gasteiger partial charge in [0.25, 0.3) is 5.91 Å². The largest absolute Gasteiger partial charge is 0.487 e. The summed E-state index contributed by atoms with van der Waals surface area (Å²) in [5, 5.41) is 12.2. The lowest BCUT2D eigenvalue weighted by Crippen LogP contribution is -2.39. The second-order valence-electron chi connectivity index (χ2n) is 8.14. The Morgan fingerprint density at radius 2 is 2.00 bits per heavy atom. The molecule has 0 aromatic heterocycles. The molecule has 1 aliphatic carbocycles. The van der Waals surface area contributed by atoms with E-state index in [2.05, 4.69) is 5.32 Å². The minimum atomic E-state index is -1.11. The summed E-state index contributed by atoms with van der Waals surface area (Å²) in [7, 11) is 0. The van der Waals surface area contributed by atoms with E-state index < -0.39 is 23.3 Å². The van der Waals surface area contributed by atoms with Crippen molar-refractivity contribution in [2.45, 2.75) is 51.2 Å². The number of hydrogen-bond acceptors (Lipinski definition) is 4. The van der Waals surface area contributed by atoms with Crippen LogP contribution in [0.4, 0.5) is 4.39 Å². The number of fused-ring (bicyclic) bond motifs is 1. The Morgan fingerprint density at radius 1 is 1.24 bits per heavy atom. The first-order chi connectivity index (χ1) is 13.7. The molecule has 2 N–H and O–H groups in total. The molecule has 0 spiro atoms. The van der Waals surface area contributed by atoms with E-state index in [-0.39, 0.29) is 22.9 Å². The molecule has 0 radical (unpaired) electrons. The van der Waals surface area contributed by atoms with Crippen LogP contribution in [0.3, 0.4) is 0 Å². The van der Waals surface area contributed by atoms with Crippen LogP contribution in [0.5, 0.6) is 17.2 Å². The molecule has 29 heavy (non-hydrogen) atoms. The summed E-state index contributed by atoms with van der Waals surface area (Å²) in [4.78, 5) is 23.7. The predicted octanol–water partition coefficient (Wildman–Crippen LogP) is 4.31. The normalized spacial score (nSPS) is 17.1. The molecule has 0 unspecified atom stereocenters. The number of rotatable bonds is 5. The van der Waals surface area contributed by atoms with Crippen LogP contribution in [0.15, 0.2) is 30.3 Å². The van der Waals surface area contributed by atoms with E-state index in [1.54, 1.807) is 0 Å². The van der Waals surface area contributed by atoms with Crippen LogP contribution in [-0.2, 0) is 6.42 Å². The SMILES string of the molecule is CC1(C)Cc2c(Oc3ccc(C(=O)NC4CCC4)c(F)c3)cc(C(=O)O)cc2O1. The van der Waals surface area contributed by atoms with Crippen molar-refractivity contribution in [1.29, 1.82) is 0 Å². The zero-order chi connectivity index (χ0) is 20.8. The monoisotopic (exact) mass is 399 g/mol.